The number of carbonyl (C=O) groups is 1. The molecule has 0 aromatic carbocycles. The summed E-state index contributed by atoms with van der Waals surface area (Å²) < 4.78 is 1.09. The van der Waals surface area contributed by atoms with E-state index in [2.05, 4.69) is 21.2 Å². The fourth-order valence-electron chi connectivity index (χ4n) is 1.71. The van der Waals surface area contributed by atoms with Crippen LogP contribution in [0, 0.1) is 5.92 Å². The Hall–Kier alpha value is -0.190. The third-order valence-electron chi connectivity index (χ3n) is 2.91. The third-order valence-corrected chi connectivity index (χ3v) is 4.64. The Morgan fingerprint density at radius 2 is 2.17 bits per heavy atom. The van der Waals surface area contributed by atoms with Crippen LogP contribution in [0.3, 0.4) is 0 Å². The summed E-state index contributed by atoms with van der Waals surface area (Å²) in [5.41, 5.74) is 0. The molecule has 0 amide bonds. The number of hydrogen-bond acceptors (Lipinski definition) is 3. The highest BCUT2D eigenvalue weighted by Gasteiger charge is 2.23. The van der Waals surface area contributed by atoms with Gasteiger partial charge < -0.3 is 5.32 Å². The molecule has 1 aromatic rings. The lowest BCUT2D eigenvalue weighted by atomic mass is 10.0. The van der Waals surface area contributed by atoms with Gasteiger partial charge in [-0.2, -0.15) is 0 Å². The van der Waals surface area contributed by atoms with Crippen LogP contribution in [0.25, 0.3) is 0 Å². The molecule has 1 atom stereocenters. The first-order valence-corrected chi connectivity index (χ1v) is 8.24. The van der Waals surface area contributed by atoms with Crippen molar-refractivity contribution in [2.45, 2.75) is 39.5 Å². The van der Waals surface area contributed by atoms with Crippen molar-refractivity contribution in [2.24, 2.45) is 5.92 Å². The van der Waals surface area contributed by atoms with Gasteiger partial charge in [0, 0.05) is 11.4 Å². The Morgan fingerprint density at radius 1 is 1.50 bits per heavy atom. The fourth-order valence-corrected chi connectivity index (χ4v) is 3.30. The van der Waals surface area contributed by atoms with Crippen LogP contribution in [-0.2, 0) is 4.79 Å². The van der Waals surface area contributed by atoms with E-state index in [4.69, 9.17) is 0 Å². The largest absolute Gasteiger partial charge is 0.315 e. The number of thiophene rings is 1. The first kappa shape index (κ1) is 15.9. The zero-order valence-corrected chi connectivity index (χ0v) is 13.7. The Morgan fingerprint density at radius 3 is 2.61 bits per heavy atom. The van der Waals surface area contributed by atoms with Gasteiger partial charge >= 0.3 is 0 Å². The molecule has 1 aromatic heterocycles. The topological polar surface area (TPSA) is 29.1 Å². The van der Waals surface area contributed by atoms with Crippen molar-refractivity contribution in [1.82, 2.24) is 5.32 Å². The molecule has 0 spiro atoms. The van der Waals surface area contributed by atoms with E-state index in [9.17, 15) is 4.79 Å². The van der Waals surface area contributed by atoms with Gasteiger partial charge in [0.15, 0.2) is 0 Å². The molecule has 0 saturated heterocycles. The lowest BCUT2D eigenvalue weighted by Crippen LogP contribution is -2.26. The van der Waals surface area contributed by atoms with E-state index in [1.807, 2.05) is 26.0 Å². The van der Waals surface area contributed by atoms with Crippen LogP contribution in [0.15, 0.2) is 15.9 Å². The van der Waals surface area contributed by atoms with Crippen molar-refractivity contribution >= 4 is 33.0 Å². The average Bonchev–Trinajstić information content (AvgIpc) is 3.08. The van der Waals surface area contributed by atoms with Gasteiger partial charge in [-0.25, -0.2) is 0 Å². The van der Waals surface area contributed by atoms with Crippen molar-refractivity contribution in [1.29, 1.82) is 0 Å². The summed E-state index contributed by atoms with van der Waals surface area (Å²) in [4.78, 5) is 12.8. The molecule has 1 aliphatic carbocycles. The number of rotatable bonds is 6. The number of Topliss-reactive ketones (excluding diaryl/α,β-unsaturated/α-hetero) is 1. The van der Waals surface area contributed by atoms with E-state index in [0.29, 0.717) is 0 Å². The second kappa shape index (κ2) is 8.08. The van der Waals surface area contributed by atoms with Crippen LogP contribution in [0.4, 0.5) is 0 Å². The zero-order chi connectivity index (χ0) is 13.5. The van der Waals surface area contributed by atoms with Gasteiger partial charge in [-0.1, -0.05) is 13.8 Å². The van der Waals surface area contributed by atoms with E-state index in [0.717, 1.165) is 27.7 Å². The lowest BCUT2D eigenvalue weighted by molar-refractivity contribution is -0.118. The predicted molar refractivity (Wildman–Crippen MR) is 82.4 cm³/mol. The molecule has 2 nitrogen and oxygen atoms in total. The highest BCUT2D eigenvalue weighted by Crippen LogP contribution is 2.30. The summed E-state index contributed by atoms with van der Waals surface area (Å²) >= 11 is 5.09. The van der Waals surface area contributed by atoms with Gasteiger partial charge in [-0.05, 0) is 60.3 Å². The van der Waals surface area contributed by atoms with Crippen LogP contribution in [0.5, 0.6) is 0 Å². The highest BCUT2D eigenvalue weighted by atomic mass is 79.9. The number of hydrogen-bond donors (Lipinski definition) is 1. The molecule has 18 heavy (non-hydrogen) atoms. The molecular formula is C14H22BrNOS. The van der Waals surface area contributed by atoms with Crippen LogP contribution in [-0.4, -0.2) is 18.9 Å². The smallest absolute Gasteiger partial charge is 0.139 e. The fraction of sp³-hybridized carbons (Fsp3) is 0.643. The molecule has 1 aliphatic rings. The molecule has 1 N–H and O–H groups in total. The monoisotopic (exact) mass is 331 g/mol. The second-order valence-corrected chi connectivity index (χ2v) is 6.90. The number of halogens is 1. The van der Waals surface area contributed by atoms with Crippen LogP contribution < -0.4 is 5.32 Å². The predicted octanol–water partition coefficient (Wildman–Crippen LogP) is 4.21. The quantitative estimate of drug-likeness (QED) is 0.845. The SMILES string of the molecule is CC.CC(=O)C(CNCC1CC1)c1ccc(Br)s1. The Kier molecular flexibility index (Phi) is 7.12. The maximum absolute atomic E-state index is 11.6. The van der Waals surface area contributed by atoms with Gasteiger partial charge in [0.05, 0.1) is 9.70 Å². The Balaban J connectivity index is 0.000000771. The summed E-state index contributed by atoms with van der Waals surface area (Å²) in [6.45, 7) is 7.52. The van der Waals surface area contributed by atoms with Crippen LogP contribution >= 0.6 is 27.3 Å². The van der Waals surface area contributed by atoms with Gasteiger partial charge in [0.2, 0.25) is 0 Å². The molecule has 1 unspecified atom stereocenters. The first-order chi connectivity index (χ1) is 8.66. The summed E-state index contributed by atoms with van der Waals surface area (Å²) in [5.74, 6) is 1.13. The standard InChI is InChI=1S/C12H16BrNOS.C2H6/c1-8(15)10(7-14-6-9-2-3-9)11-4-5-12(13)16-11;1-2/h4-5,9-10,14H,2-3,6-7H2,1H3;1-2H3. The Labute approximate surface area is 122 Å². The number of nitrogens with one attached hydrogen (secondary N) is 1. The van der Waals surface area contributed by atoms with Crippen molar-refractivity contribution in [2.75, 3.05) is 13.1 Å². The summed E-state index contributed by atoms with van der Waals surface area (Å²) in [6, 6.07) is 4.05. The normalized spacial score (nSPS) is 15.8. The highest BCUT2D eigenvalue weighted by molar-refractivity contribution is 9.11. The number of carbonyl (C=O) groups excluding carboxylic acids is 1. The van der Waals surface area contributed by atoms with Crippen LogP contribution in [0.1, 0.15) is 44.4 Å². The molecule has 2 rings (SSSR count). The third kappa shape index (κ3) is 5.21. The Bertz CT molecular complexity index is 374. The van der Waals surface area contributed by atoms with Gasteiger partial charge in [-0.3, -0.25) is 4.79 Å². The van der Waals surface area contributed by atoms with E-state index < -0.39 is 0 Å². The van der Waals surface area contributed by atoms with Gasteiger partial charge in [0.25, 0.3) is 0 Å². The molecular weight excluding hydrogens is 310 g/mol. The molecule has 1 saturated carbocycles. The maximum Gasteiger partial charge on any atom is 0.139 e. The van der Waals surface area contributed by atoms with E-state index in [-0.39, 0.29) is 11.7 Å². The molecule has 4 heteroatoms. The van der Waals surface area contributed by atoms with Crippen molar-refractivity contribution in [3.05, 3.63) is 20.8 Å². The summed E-state index contributed by atoms with van der Waals surface area (Å²) in [5, 5.41) is 3.41. The lowest BCUT2D eigenvalue weighted by Gasteiger charge is -2.12. The molecule has 0 aliphatic heterocycles. The van der Waals surface area contributed by atoms with E-state index in [1.54, 1.807) is 18.3 Å². The second-order valence-electron chi connectivity index (χ2n) is 4.41. The summed E-state index contributed by atoms with van der Waals surface area (Å²) in [7, 11) is 0. The summed E-state index contributed by atoms with van der Waals surface area (Å²) in [6.07, 6.45) is 2.70. The average molecular weight is 332 g/mol. The minimum atomic E-state index is 0.0232. The van der Waals surface area contributed by atoms with Crippen LogP contribution in [0.2, 0.25) is 0 Å². The van der Waals surface area contributed by atoms with Crippen molar-refractivity contribution < 1.29 is 4.79 Å². The minimum Gasteiger partial charge on any atom is -0.315 e. The minimum absolute atomic E-state index is 0.0232. The molecule has 1 heterocycles. The molecule has 102 valence electrons. The van der Waals surface area contributed by atoms with Crippen molar-refractivity contribution in [3.8, 4) is 0 Å². The van der Waals surface area contributed by atoms with E-state index >= 15 is 0 Å². The first-order valence-electron chi connectivity index (χ1n) is 6.63. The van der Waals surface area contributed by atoms with Gasteiger partial charge in [0.1, 0.15) is 5.78 Å². The zero-order valence-electron chi connectivity index (χ0n) is 11.3. The maximum atomic E-state index is 11.6. The molecule has 0 radical (unpaired) electrons. The van der Waals surface area contributed by atoms with E-state index in [1.165, 1.54) is 12.8 Å². The number of ketones is 1. The molecule has 1 fully saturated rings. The molecule has 0 bridgehead atoms. The van der Waals surface area contributed by atoms with Gasteiger partial charge in [-0.15, -0.1) is 11.3 Å². The van der Waals surface area contributed by atoms with Crippen molar-refractivity contribution in [3.63, 3.8) is 0 Å².